The van der Waals surface area contributed by atoms with E-state index in [4.69, 9.17) is 4.74 Å². The zero-order chi connectivity index (χ0) is 24.4. The van der Waals surface area contributed by atoms with E-state index in [0.717, 1.165) is 63.2 Å². The van der Waals surface area contributed by atoms with E-state index in [1.165, 1.54) is 11.1 Å². The van der Waals surface area contributed by atoms with Crippen LogP contribution in [0.2, 0.25) is 0 Å². The zero-order valence-corrected chi connectivity index (χ0v) is 20.5. The standard InChI is InChI=1S/C28H35N3O4/c1-20(32)30-14-10-25(11-15-30)35-26-6-7-27-22(16-26)9-13-31(28(27)34)19-24(33)18-29-12-8-21-4-2-3-5-23(21)17-29/h2-7,16,24-25,33H,8-15,17-19H2,1H3. The third-order valence-electron chi connectivity index (χ3n) is 7.55. The maximum Gasteiger partial charge on any atom is 0.254 e. The molecule has 0 aromatic heterocycles. The fraction of sp³-hybridized carbons (Fsp3) is 0.500. The highest BCUT2D eigenvalue weighted by Gasteiger charge is 2.28. The fourth-order valence-electron chi connectivity index (χ4n) is 5.56. The van der Waals surface area contributed by atoms with E-state index in [1.54, 1.807) is 11.8 Å². The molecular formula is C28H35N3O4. The summed E-state index contributed by atoms with van der Waals surface area (Å²) in [5.41, 5.74) is 4.43. The van der Waals surface area contributed by atoms with Crippen molar-refractivity contribution in [3.8, 4) is 5.75 Å². The zero-order valence-electron chi connectivity index (χ0n) is 20.5. The second-order valence-electron chi connectivity index (χ2n) is 10.1. The molecule has 7 heteroatoms. The Balaban J connectivity index is 1.14. The molecule has 0 bridgehead atoms. The predicted octanol–water partition coefficient (Wildman–Crippen LogP) is 2.49. The number of carbonyl (C=O) groups is 2. The summed E-state index contributed by atoms with van der Waals surface area (Å²) in [4.78, 5) is 30.6. The van der Waals surface area contributed by atoms with Crippen LogP contribution in [0.5, 0.6) is 5.75 Å². The SMILES string of the molecule is CC(=O)N1CCC(Oc2ccc3c(c2)CCN(CC(O)CN2CCc4ccccc4C2)C3=O)CC1. The van der Waals surface area contributed by atoms with Crippen molar-refractivity contribution in [3.63, 3.8) is 0 Å². The number of ether oxygens (including phenoxy) is 1. The van der Waals surface area contributed by atoms with Crippen molar-refractivity contribution in [2.75, 3.05) is 39.3 Å². The Bertz CT molecular complexity index is 1080. The predicted molar refractivity (Wildman–Crippen MR) is 133 cm³/mol. The lowest BCUT2D eigenvalue weighted by Gasteiger charge is -2.34. The summed E-state index contributed by atoms with van der Waals surface area (Å²) >= 11 is 0. The first-order valence-corrected chi connectivity index (χ1v) is 12.8. The third kappa shape index (κ3) is 5.52. The molecule has 0 spiro atoms. The van der Waals surface area contributed by atoms with Crippen LogP contribution < -0.4 is 4.74 Å². The lowest BCUT2D eigenvalue weighted by molar-refractivity contribution is -0.130. The summed E-state index contributed by atoms with van der Waals surface area (Å²) in [7, 11) is 0. The maximum absolute atomic E-state index is 13.1. The van der Waals surface area contributed by atoms with Crippen LogP contribution >= 0.6 is 0 Å². The minimum absolute atomic E-state index is 0.0180. The normalized spacial score (nSPS) is 19.8. The Morgan fingerprint density at radius 2 is 1.74 bits per heavy atom. The molecule has 1 N–H and O–H groups in total. The van der Waals surface area contributed by atoms with Gasteiger partial charge in [-0.25, -0.2) is 0 Å². The molecule has 2 aromatic rings. The van der Waals surface area contributed by atoms with E-state index in [-0.39, 0.29) is 17.9 Å². The molecule has 3 aliphatic heterocycles. The Labute approximate surface area is 207 Å². The van der Waals surface area contributed by atoms with Gasteiger partial charge in [-0.1, -0.05) is 24.3 Å². The van der Waals surface area contributed by atoms with Crippen LogP contribution in [0, 0.1) is 0 Å². The lowest BCUT2D eigenvalue weighted by atomic mass is 9.98. The van der Waals surface area contributed by atoms with Crippen LogP contribution in [0.25, 0.3) is 0 Å². The van der Waals surface area contributed by atoms with Crippen molar-refractivity contribution in [2.45, 2.75) is 51.4 Å². The van der Waals surface area contributed by atoms with Crippen LogP contribution in [0.3, 0.4) is 0 Å². The first-order chi connectivity index (χ1) is 17.0. The second kappa shape index (κ2) is 10.4. The number of hydrogen-bond acceptors (Lipinski definition) is 5. The average molecular weight is 478 g/mol. The molecule has 3 aliphatic rings. The van der Waals surface area contributed by atoms with Crippen molar-refractivity contribution < 1.29 is 19.4 Å². The van der Waals surface area contributed by atoms with Crippen molar-refractivity contribution in [2.24, 2.45) is 0 Å². The highest BCUT2D eigenvalue weighted by molar-refractivity contribution is 5.97. The van der Waals surface area contributed by atoms with E-state index in [9.17, 15) is 14.7 Å². The summed E-state index contributed by atoms with van der Waals surface area (Å²) in [6.07, 6.45) is 2.92. The molecule has 3 heterocycles. The molecule has 2 amide bonds. The van der Waals surface area contributed by atoms with Gasteiger partial charge in [-0.3, -0.25) is 14.5 Å². The third-order valence-corrected chi connectivity index (χ3v) is 7.55. The monoisotopic (exact) mass is 477 g/mol. The molecule has 5 rings (SSSR count). The number of fused-ring (bicyclic) bond motifs is 2. The van der Waals surface area contributed by atoms with Crippen LogP contribution in [0.15, 0.2) is 42.5 Å². The molecule has 0 radical (unpaired) electrons. The van der Waals surface area contributed by atoms with Crippen molar-refractivity contribution in [1.82, 2.24) is 14.7 Å². The smallest absolute Gasteiger partial charge is 0.254 e. The number of likely N-dealkylation sites (tertiary alicyclic amines) is 1. The van der Waals surface area contributed by atoms with Gasteiger partial charge in [0, 0.05) is 71.1 Å². The Hall–Kier alpha value is -2.90. The van der Waals surface area contributed by atoms with Gasteiger partial charge in [0.15, 0.2) is 0 Å². The number of hydrogen-bond donors (Lipinski definition) is 1. The van der Waals surface area contributed by atoms with Crippen LogP contribution in [-0.4, -0.2) is 83.1 Å². The highest BCUT2D eigenvalue weighted by atomic mass is 16.5. The number of piperidine rings is 1. The largest absolute Gasteiger partial charge is 0.490 e. The first kappa shape index (κ1) is 23.8. The molecule has 0 aliphatic carbocycles. The number of amides is 2. The van der Waals surface area contributed by atoms with E-state index in [0.29, 0.717) is 25.2 Å². The van der Waals surface area contributed by atoms with Crippen molar-refractivity contribution >= 4 is 11.8 Å². The topological polar surface area (TPSA) is 73.3 Å². The number of aliphatic hydroxyl groups excluding tert-OH is 1. The number of benzene rings is 2. The molecule has 1 fully saturated rings. The molecule has 7 nitrogen and oxygen atoms in total. The molecular weight excluding hydrogens is 442 g/mol. The lowest BCUT2D eigenvalue weighted by Crippen LogP contribution is -2.46. The van der Waals surface area contributed by atoms with Gasteiger partial charge in [-0.2, -0.15) is 0 Å². The van der Waals surface area contributed by atoms with E-state index >= 15 is 0 Å². The van der Waals surface area contributed by atoms with E-state index < -0.39 is 6.10 Å². The van der Waals surface area contributed by atoms with Crippen LogP contribution in [0.4, 0.5) is 0 Å². The van der Waals surface area contributed by atoms with Gasteiger partial charge in [0.05, 0.1) is 6.10 Å². The maximum atomic E-state index is 13.1. The number of nitrogens with zero attached hydrogens (tertiary/aromatic N) is 3. The fourth-order valence-corrected chi connectivity index (χ4v) is 5.56. The number of aliphatic hydroxyl groups is 1. The Morgan fingerprint density at radius 1 is 1.00 bits per heavy atom. The van der Waals surface area contributed by atoms with Gasteiger partial charge in [-0.15, -0.1) is 0 Å². The molecule has 35 heavy (non-hydrogen) atoms. The van der Waals surface area contributed by atoms with Crippen molar-refractivity contribution in [1.29, 1.82) is 0 Å². The summed E-state index contributed by atoms with van der Waals surface area (Å²) in [5, 5.41) is 10.8. The van der Waals surface area contributed by atoms with Crippen LogP contribution in [0.1, 0.15) is 46.8 Å². The first-order valence-electron chi connectivity index (χ1n) is 12.8. The minimum atomic E-state index is -0.575. The number of rotatable bonds is 6. The summed E-state index contributed by atoms with van der Waals surface area (Å²) < 4.78 is 6.18. The minimum Gasteiger partial charge on any atom is -0.490 e. The molecule has 1 atom stereocenters. The summed E-state index contributed by atoms with van der Waals surface area (Å²) in [6, 6.07) is 14.2. The van der Waals surface area contributed by atoms with Crippen LogP contribution in [-0.2, 0) is 24.2 Å². The van der Waals surface area contributed by atoms with Gasteiger partial charge >= 0.3 is 0 Å². The Kier molecular flexibility index (Phi) is 7.07. The Morgan fingerprint density at radius 3 is 2.51 bits per heavy atom. The van der Waals surface area contributed by atoms with Gasteiger partial charge < -0.3 is 19.6 Å². The molecule has 186 valence electrons. The van der Waals surface area contributed by atoms with E-state index in [2.05, 4.69) is 29.2 Å². The number of carbonyl (C=O) groups excluding carboxylic acids is 2. The molecule has 2 aromatic carbocycles. The molecule has 1 saturated heterocycles. The average Bonchev–Trinajstić information content (AvgIpc) is 2.86. The second-order valence-corrected chi connectivity index (χ2v) is 10.1. The highest BCUT2D eigenvalue weighted by Crippen LogP contribution is 2.27. The van der Waals surface area contributed by atoms with Gasteiger partial charge in [-0.05, 0) is 47.7 Å². The summed E-state index contributed by atoms with van der Waals surface area (Å²) in [5.74, 6) is 0.888. The molecule has 0 saturated carbocycles. The summed E-state index contributed by atoms with van der Waals surface area (Å²) in [6.45, 7) is 6.36. The van der Waals surface area contributed by atoms with Gasteiger partial charge in [0.1, 0.15) is 11.9 Å². The quantitative estimate of drug-likeness (QED) is 0.692. The van der Waals surface area contributed by atoms with Crippen molar-refractivity contribution in [3.05, 3.63) is 64.7 Å². The number of β-amino-alcohol motifs (C(OH)–C–C–N with tert-alkyl or cyclic N) is 1. The van der Waals surface area contributed by atoms with Gasteiger partial charge in [0.25, 0.3) is 5.91 Å². The van der Waals surface area contributed by atoms with Gasteiger partial charge in [0.2, 0.25) is 5.91 Å². The molecule has 1 unspecified atom stereocenters. The van der Waals surface area contributed by atoms with E-state index in [1.807, 2.05) is 23.1 Å².